The summed E-state index contributed by atoms with van der Waals surface area (Å²) < 4.78 is 4.63. The topological polar surface area (TPSA) is 29.5 Å². The molecule has 1 atom stereocenters. The van der Waals surface area contributed by atoms with Gasteiger partial charge in [-0.15, -0.1) is 0 Å². The maximum absolute atomic E-state index is 11.1. The second kappa shape index (κ2) is 5.71. The van der Waals surface area contributed by atoms with E-state index in [0.29, 0.717) is 6.54 Å². The van der Waals surface area contributed by atoms with E-state index < -0.39 is 0 Å². The SMILES string of the molecule is COC(=O)C(Br)CN(C)CC(C)(C)C. The maximum atomic E-state index is 11.1. The minimum absolute atomic E-state index is 0.217. The van der Waals surface area contributed by atoms with Crippen molar-refractivity contribution >= 4 is 21.9 Å². The van der Waals surface area contributed by atoms with Crippen LogP contribution in [0.3, 0.4) is 0 Å². The number of alkyl halides is 1. The Balaban J connectivity index is 3.94. The Morgan fingerprint density at radius 1 is 1.50 bits per heavy atom. The van der Waals surface area contributed by atoms with Crippen molar-refractivity contribution in [2.24, 2.45) is 5.41 Å². The number of halogens is 1. The molecule has 0 aliphatic heterocycles. The molecule has 0 radical (unpaired) electrons. The van der Waals surface area contributed by atoms with E-state index in [1.54, 1.807) is 0 Å². The molecule has 0 aliphatic carbocycles. The van der Waals surface area contributed by atoms with Crippen LogP contribution in [-0.4, -0.2) is 42.9 Å². The molecule has 0 aromatic rings. The Hall–Kier alpha value is -0.0900. The monoisotopic (exact) mass is 265 g/mol. The van der Waals surface area contributed by atoms with Crippen LogP contribution >= 0.6 is 15.9 Å². The molecule has 0 saturated carbocycles. The fraction of sp³-hybridized carbons (Fsp3) is 0.900. The molecule has 3 nitrogen and oxygen atoms in total. The van der Waals surface area contributed by atoms with Gasteiger partial charge in [0.2, 0.25) is 0 Å². The summed E-state index contributed by atoms with van der Waals surface area (Å²) in [6.07, 6.45) is 0. The quantitative estimate of drug-likeness (QED) is 0.575. The van der Waals surface area contributed by atoms with E-state index in [0.717, 1.165) is 6.54 Å². The Kier molecular flexibility index (Phi) is 5.67. The van der Waals surface area contributed by atoms with Gasteiger partial charge in [-0.1, -0.05) is 36.7 Å². The van der Waals surface area contributed by atoms with E-state index in [9.17, 15) is 4.79 Å². The van der Waals surface area contributed by atoms with E-state index in [1.165, 1.54) is 7.11 Å². The normalized spacial score (nSPS) is 14.2. The average molecular weight is 266 g/mol. The van der Waals surface area contributed by atoms with E-state index in [4.69, 9.17) is 0 Å². The summed E-state index contributed by atoms with van der Waals surface area (Å²) in [5, 5.41) is 0. The summed E-state index contributed by atoms with van der Waals surface area (Å²) in [6.45, 7) is 8.14. The number of carbonyl (C=O) groups excluding carboxylic acids is 1. The first-order valence-electron chi connectivity index (χ1n) is 4.66. The molecule has 0 rings (SSSR count). The first-order chi connectivity index (χ1) is 6.26. The zero-order valence-corrected chi connectivity index (χ0v) is 11.2. The van der Waals surface area contributed by atoms with Crippen LogP contribution in [0.25, 0.3) is 0 Å². The van der Waals surface area contributed by atoms with Gasteiger partial charge >= 0.3 is 5.97 Å². The summed E-state index contributed by atoms with van der Waals surface area (Å²) in [4.78, 5) is 13.0. The van der Waals surface area contributed by atoms with Crippen LogP contribution in [0.4, 0.5) is 0 Å². The molecule has 0 aromatic heterocycles. The van der Waals surface area contributed by atoms with Gasteiger partial charge in [0.15, 0.2) is 0 Å². The minimum Gasteiger partial charge on any atom is -0.468 e. The van der Waals surface area contributed by atoms with Crippen LogP contribution < -0.4 is 0 Å². The van der Waals surface area contributed by atoms with E-state index in [1.807, 2.05) is 7.05 Å². The summed E-state index contributed by atoms with van der Waals surface area (Å²) in [5.41, 5.74) is 0.248. The fourth-order valence-electron chi connectivity index (χ4n) is 1.35. The summed E-state index contributed by atoms with van der Waals surface area (Å²) >= 11 is 3.30. The van der Waals surface area contributed by atoms with Gasteiger partial charge in [0.05, 0.1) is 7.11 Å². The predicted molar refractivity (Wildman–Crippen MR) is 61.7 cm³/mol. The van der Waals surface area contributed by atoms with Crippen molar-refractivity contribution in [3.05, 3.63) is 0 Å². The highest BCUT2D eigenvalue weighted by molar-refractivity contribution is 9.10. The van der Waals surface area contributed by atoms with Gasteiger partial charge in [0.1, 0.15) is 4.83 Å². The summed E-state index contributed by atoms with van der Waals surface area (Å²) in [6, 6.07) is 0. The van der Waals surface area contributed by atoms with Gasteiger partial charge < -0.3 is 9.64 Å². The number of hydrogen-bond acceptors (Lipinski definition) is 3. The second-order valence-electron chi connectivity index (χ2n) is 4.75. The lowest BCUT2D eigenvalue weighted by Crippen LogP contribution is -2.36. The summed E-state index contributed by atoms with van der Waals surface area (Å²) in [7, 11) is 3.41. The molecular weight excluding hydrogens is 246 g/mol. The molecule has 0 amide bonds. The number of nitrogens with zero attached hydrogens (tertiary/aromatic N) is 1. The third-order valence-corrected chi connectivity index (χ3v) is 2.34. The third-order valence-electron chi connectivity index (χ3n) is 1.67. The van der Waals surface area contributed by atoms with Crippen LogP contribution in [0.5, 0.6) is 0 Å². The smallest absolute Gasteiger partial charge is 0.320 e. The van der Waals surface area contributed by atoms with Crippen molar-refractivity contribution in [2.45, 2.75) is 25.6 Å². The predicted octanol–water partition coefficient (Wildman–Crippen LogP) is 1.90. The number of esters is 1. The van der Waals surface area contributed by atoms with Gasteiger partial charge in [-0.3, -0.25) is 4.79 Å². The highest BCUT2D eigenvalue weighted by atomic mass is 79.9. The Bertz CT molecular complexity index is 189. The number of rotatable bonds is 4. The zero-order chi connectivity index (χ0) is 11.4. The van der Waals surface area contributed by atoms with E-state index >= 15 is 0 Å². The third kappa shape index (κ3) is 6.38. The molecule has 0 fully saturated rings. The lowest BCUT2D eigenvalue weighted by atomic mass is 9.96. The maximum Gasteiger partial charge on any atom is 0.320 e. The van der Waals surface area contributed by atoms with Crippen molar-refractivity contribution in [3.63, 3.8) is 0 Å². The molecule has 0 spiro atoms. The standard InChI is InChI=1S/C10H20BrNO2/c1-10(2,3)7-12(4)6-8(11)9(13)14-5/h8H,6-7H2,1-5H3. The van der Waals surface area contributed by atoms with Crippen molar-refractivity contribution in [1.29, 1.82) is 0 Å². The molecule has 0 aliphatic rings. The van der Waals surface area contributed by atoms with Crippen molar-refractivity contribution in [3.8, 4) is 0 Å². The number of methoxy groups -OCH3 is 1. The van der Waals surface area contributed by atoms with Crippen molar-refractivity contribution in [2.75, 3.05) is 27.2 Å². The molecule has 0 saturated heterocycles. The van der Waals surface area contributed by atoms with Crippen molar-refractivity contribution in [1.82, 2.24) is 4.90 Å². The largest absolute Gasteiger partial charge is 0.468 e. The van der Waals surface area contributed by atoms with E-state index in [-0.39, 0.29) is 16.2 Å². The first-order valence-corrected chi connectivity index (χ1v) is 5.58. The number of ether oxygens (including phenoxy) is 1. The Morgan fingerprint density at radius 3 is 2.36 bits per heavy atom. The van der Waals surface area contributed by atoms with Crippen LogP contribution in [0, 0.1) is 5.41 Å². The second-order valence-corrected chi connectivity index (χ2v) is 5.85. The Labute approximate surface area is 94.9 Å². The molecule has 4 heteroatoms. The number of hydrogen-bond donors (Lipinski definition) is 0. The van der Waals surface area contributed by atoms with Crippen LogP contribution in [0.1, 0.15) is 20.8 Å². The minimum atomic E-state index is -0.236. The van der Waals surface area contributed by atoms with Gasteiger partial charge in [-0.2, -0.15) is 0 Å². The number of carbonyl (C=O) groups is 1. The Morgan fingerprint density at radius 2 is 2.00 bits per heavy atom. The fourth-order valence-corrected chi connectivity index (χ4v) is 2.03. The highest BCUT2D eigenvalue weighted by Gasteiger charge is 2.20. The highest BCUT2D eigenvalue weighted by Crippen LogP contribution is 2.15. The van der Waals surface area contributed by atoms with E-state index in [2.05, 4.69) is 46.3 Å². The molecule has 0 N–H and O–H groups in total. The van der Waals surface area contributed by atoms with Crippen molar-refractivity contribution < 1.29 is 9.53 Å². The lowest BCUT2D eigenvalue weighted by molar-refractivity contribution is -0.140. The van der Waals surface area contributed by atoms with Crippen LogP contribution in [-0.2, 0) is 9.53 Å². The molecule has 84 valence electrons. The molecule has 0 bridgehead atoms. The molecule has 0 heterocycles. The van der Waals surface area contributed by atoms with Crippen LogP contribution in [0.2, 0.25) is 0 Å². The van der Waals surface area contributed by atoms with Gasteiger partial charge in [0.25, 0.3) is 0 Å². The van der Waals surface area contributed by atoms with Gasteiger partial charge in [-0.05, 0) is 12.5 Å². The molecular formula is C10H20BrNO2. The average Bonchev–Trinajstić information content (AvgIpc) is 1.99. The van der Waals surface area contributed by atoms with Crippen LogP contribution in [0.15, 0.2) is 0 Å². The zero-order valence-electron chi connectivity index (χ0n) is 9.63. The molecule has 14 heavy (non-hydrogen) atoms. The van der Waals surface area contributed by atoms with Gasteiger partial charge in [-0.25, -0.2) is 0 Å². The summed E-state index contributed by atoms with van der Waals surface area (Å²) in [5.74, 6) is -0.217. The molecule has 1 unspecified atom stereocenters. The first kappa shape index (κ1) is 13.9. The van der Waals surface area contributed by atoms with Gasteiger partial charge in [0, 0.05) is 13.1 Å². The molecule has 0 aromatic carbocycles. The lowest BCUT2D eigenvalue weighted by Gasteiger charge is -2.27.